The van der Waals surface area contributed by atoms with Crippen molar-refractivity contribution >= 4 is 23.6 Å². The number of thioether (sulfide) groups is 1. The molecule has 0 bridgehead atoms. The average Bonchev–Trinajstić information content (AvgIpc) is 3.14. The smallest absolute Gasteiger partial charge is 0.225 e. The number of furan rings is 1. The summed E-state index contributed by atoms with van der Waals surface area (Å²) in [4.78, 5) is 25.9. The van der Waals surface area contributed by atoms with Crippen molar-refractivity contribution in [1.29, 1.82) is 0 Å². The highest BCUT2D eigenvalue weighted by Crippen LogP contribution is 2.21. The lowest BCUT2D eigenvalue weighted by Crippen LogP contribution is -2.42. The summed E-state index contributed by atoms with van der Waals surface area (Å²) in [7, 11) is 0. The summed E-state index contributed by atoms with van der Waals surface area (Å²) in [5.41, 5.74) is 0. The molecular weight excluding hydrogens is 304 g/mol. The number of hydrogen-bond donors (Lipinski definition) is 2. The minimum absolute atomic E-state index is 0.0405. The van der Waals surface area contributed by atoms with Gasteiger partial charge in [0.25, 0.3) is 0 Å². The molecule has 0 saturated carbocycles. The fourth-order valence-corrected chi connectivity index (χ4v) is 3.00. The van der Waals surface area contributed by atoms with Gasteiger partial charge < -0.3 is 19.7 Å². The summed E-state index contributed by atoms with van der Waals surface area (Å²) in [5, 5.41) is 12.1. The summed E-state index contributed by atoms with van der Waals surface area (Å²) in [6.45, 7) is 0.709. The van der Waals surface area contributed by atoms with Crippen LogP contribution in [0.25, 0.3) is 0 Å². The van der Waals surface area contributed by atoms with Gasteiger partial charge in [-0.05, 0) is 30.6 Å². The third kappa shape index (κ3) is 4.51. The van der Waals surface area contributed by atoms with Gasteiger partial charge in [0.05, 0.1) is 31.4 Å². The number of aliphatic hydroxyl groups is 1. The van der Waals surface area contributed by atoms with Crippen molar-refractivity contribution in [2.45, 2.75) is 25.4 Å². The van der Waals surface area contributed by atoms with Crippen LogP contribution in [0.1, 0.15) is 18.6 Å². The predicted octanol–water partition coefficient (Wildman–Crippen LogP) is 0.858. The molecule has 7 heteroatoms. The average molecular weight is 326 g/mol. The Morgan fingerprint density at radius 1 is 1.64 bits per heavy atom. The van der Waals surface area contributed by atoms with Crippen LogP contribution in [-0.4, -0.2) is 53.0 Å². The van der Waals surface area contributed by atoms with E-state index in [0.29, 0.717) is 18.8 Å². The first-order valence-electron chi connectivity index (χ1n) is 7.34. The number of carbonyl (C=O) groups excluding carboxylic acids is 2. The Balaban J connectivity index is 1.85. The van der Waals surface area contributed by atoms with Crippen LogP contribution in [0.3, 0.4) is 0 Å². The normalized spacial score (nSPS) is 19.5. The number of rotatable bonds is 8. The first-order valence-corrected chi connectivity index (χ1v) is 8.73. The molecule has 1 fully saturated rings. The molecule has 2 amide bonds. The third-order valence-corrected chi connectivity index (χ3v) is 4.39. The molecular formula is C15H22N2O4S. The quantitative estimate of drug-likeness (QED) is 0.740. The first-order chi connectivity index (χ1) is 10.6. The minimum atomic E-state index is -0.356. The van der Waals surface area contributed by atoms with E-state index >= 15 is 0 Å². The van der Waals surface area contributed by atoms with E-state index in [4.69, 9.17) is 4.42 Å². The largest absolute Gasteiger partial charge is 0.467 e. The molecule has 122 valence electrons. The fraction of sp³-hybridized carbons (Fsp3) is 0.600. The Kier molecular flexibility index (Phi) is 6.33. The third-order valence-electron chi connectivity index (χ3n) is 3.75. The predicted molar refractivity (Wildman–Crippen MR) is 84.2 cm³/mol. The first kappa shape index (κ1) is 16.9. The van der Waals surface area contributed by atoms with Crippen molar-refractivity contribution in [2.24, 2.45) is 5.92 Å². The maximum atomic E-state index is 12.2. The van der Waals surface area contributed by atoms with Gasteiger partial charge in [0.1, 0.15) is 5.76 Å². The van der Waals surface area contributed by atoms with Gasteiger partial charge in [-0.25, -0.2) is 0 Å². The van der Waals surface area contributed by atoms with Crippen LogP contribution in [0.15, 0.2) is 22.8 Å². The van der Waals surface area contributed by atoms with E-state index in [2.05, 4.69) is 5.32 Å². The van der Waals surface area contributed by atoms with Crippen LogP contribution in [0.4, 0.5) is 0 Å². The molecule has 0 aliphatic carbocycles. The van der Waals surface area contributed by atoms with E-state index in [-0.39, 0.29) is 36.8 Å². The molecule has 22 heavy (non-hydrogen) atoms. The zero-order chi connectivity index (χ0) is 15.9. The van der Waals surface area contributed by atoms with Crippen molar-refractivity contribution in [3.63, 3.8) is 0 Å². The zero-order valence-electron chi connectivity index (χ0n) is 12.7. The highest BCUT2D eigenvalue weighted by molar-refractivity contribution is 7.98. The van der Waals surface area contributed by atoms with Crippen LogP contribution < -0.4 is 5.32 Å². The van der Waals surface area contributed by atoms with Crippen LogP contribution in [-0.2, 0) is 16.1 Å². The molecule has 1 aliphatic heterocycles. The molecule has 2 N–H and O–H groups in total. The van der Waals surface area contributed by atoms with Crippen LogP contribution in [0.5, 0.6) is 0 Å². The summed E-state index contributed by atoms with van der Waals surface area (Å²) < 4.78 is 5.24. The van der Waals surface area contributed by atoms with Crippen molar-refractivity contribution in [3.05, 3.63) is 24.2 Å². The number of hydrogen-bond acceptors (Lipinski definition) is 5. The van der Waals surface area contributed by atoms with Gasteiger partial charge >= 0.3 is 0 Å². The van der Waals surface area contributed by atoms with Crippen molar-refractivity contribution in [2.75, 3.05) is 25.2 Å². The van der Waals surface area contributed by atoms with Gasteiger partial charge in [0.15, 0.2) is 0 Å². The molecule has 2 heterocycles. The number of carbonyl (C=O) groups is 2. The molecule has 1 aromatic rings. The van der Waals surface area contributed by atoms with Crippen LogP contribution in [0, 0.1) is 5.92 Å². The molecule has 6 nitrogen and oxygen atoms in total. The van der Waals surface area contributed by atoms with E-state index in [1.165, 1.54) is 0 Å². The number of likely N-dealkylation sites (tertiary alicyclic amines) is 1. The van der Waals surface area contributed by atoms with Gasteiger partial charge in [-0.2, -0.15) is 11.8 Å². The van der Waals surface area contributed by atoms with Crippen molar-refractivity contribution in [3.8, 4) is 0 Å². The summed E-state index contributed by atoms with van der Waals surface area (Å²) in [6.07, 6.45) is 4.49. The maximum Gasteiger partial charge on any atom is 0.225 e. The molecule has 0 aromatic carbocycles. The molecule has 2 atom stereocenters. The fourth-order valence-electron chi connectivity index (χ4n) is 2.48. The topological polar surface area (TPSA) is 82.8 Å². The van der Waals surface area contributed by atoms with Gasteiger partial charge in [0, 0.05) is 13.0 Å². The summed E-state index contributed by atoms with van der Waals surface area (Å²) in [5.74, 6) is 1.03. The van der Waals surface area contributed by atoms with E-state index < -0.39 is 0 Å². The van der Waals surface area contributed by atoms with E-state index in [1.807, 2.05) is 12.3 Å². The van der Waals surface area contributed by atoms with Crippen molar-refractivity contribution in [1.82, 2.24) is 10.2 Å². The van der Waals surface area contributed by atoms with Crippen molar-refractivity contribution < 1.29 is 19.1 Å². The lowest BCUT2D eigenvalue weighted by atomic mass is 10.1. The van der Waals surface area contributed by atoms with E-state index in [9.17, 15) is 14.7 Å². The number of nitrogens with zero attached hydrogens (tertiary/aromatic N) is 1. The second kappa shape index (κ2) is 8.24. The standard InChI is InChI=1S/C15H22N2O4S/c1-22-6-4-12(10-18)16-15(20)11-7-14(19)17(8-11)9-13-3-2-5-21-13/h2-3,5,11-12,18H,4,6-10H2,1H3,(H,16,20)/t11?,12-/m0/s1. The molecule has 2 rings (SSSR count). The molecule has 1 aromatic heterocycles. The Morgan fingerprint density at radius 2 is 2.45 bits per heavy atom. The Labute approximate surface area is 134 Å². The van der Waals surface area contributed by atoms with Gasteiger partial charge in [0.2, 0.25) is 11.8 Å². The molecule has 0 radical (unpaired) electrons. The molecule has 0 spiro atoms. The Bertz CT molecular complexity index is 492. The van der Waals surface area contributed by atoms with Crippen LogP contribution >= 0.6 is 11.8 Å². The summed E-state index contributed by atoms with van der Waals surface area (Å²) >= 11 is 1.67. The molecule has 1 unspecified atom stereocenters. The molecule has 1 saturated heterocycles. The Hall–Kier alpha value is -1.47. The number of amides is 2. The highest BCUT2D eigenvalue weighted by Gasteiger charge is 2.35. The van der Waals surface area contributed by atoms with Gasteiger partial charge in [-0.15, -0.1) is 0 Å². The lowest BCUT2D eigenvalue weighted by molar-refractivity contribution is -0.129. The van der Waals surface area contributed by atoms with E-state index in [0.717, 1.165) is 12.2 Å². The lowest BCUT2D eigenvalue weighted by Gasteiger charge is -2.19. The Morgan fingerprint density at radius 3 is 3.09 bits per heavy atom. The molecule has 1 aliphatic rings. The van der Waals surface area contributed by atoms with Crippen LogP contribution in [0.2, 0.25) is 0 Å². The maximum absolute atomic E-state index is 12.2. The second-order valence-corrected chi connectivity index (χ2v) is 6.41. The highest BCUT2D eigenvalue weighted by atomic mass is 32.2. The minimum Gasteiger partial charge on any atom is -0.467 e. The zero-order valence-corrected chi connectivity index (χ0v) is 13.5. The van der Waals surface area contributed by atoms with Gasteiger partial charge in [-0.1, -0.05) is 0 Å². The van der Waals surface area contributed by atoms with Gasteiger partial charge in [-0.3, -0.25) is 9.59 Å². The second-order valence-electron chi connectivity index (χ2n) is 5.42. The monoisotopic (exact) mass is 326 g/mol. The summed E-state index contributed by atoms with van der Waals surface area (Å²) in [6, 6.07) is 3.34. The SMILES string of the molecule is CSCC[C@@H](CO)NC(=O)C1CC(=O)N(Cc2ccco2)C1. The number of aliphatic hydroxyl groups excluding tert-OH is 1. The number of nitrogens with one attached hydrogen (secondary N) is 1. The van der Waals surface area contributed by atoms with E-state index in [1.54, 1.807) is 29.0 Å².